The van der Waals surface area contributed by atoms with Gasteiger partial charge in [-0.1, -0.05) is 25.3 Å². The van der Waals surface area contributed by atoms with E-state index in [1.165, 1.54) is 12.6 Å². The van der Waals surface area contributed by atoms with Crippen LogP contribution in [0.1, 0.15) is 38.1 Å². The molecule has 0 amide bonds. The van der Waals surface area contributed by atoms with Crippen molar-refractivity contribution in [3.8, 4) is 0 Å². The Morgan fingerprint density at radius 1 is 1.23 bits per heavy atom. The maximum atomic E-state index is 12.5. The maximum absolute atomic E-state index is 12.5. The van der Waals surface area contributed by atoms with Gasteiger partial charge in [-0.25, -0.2) is 9.67 Å². The Balaban J connectivity index is 1.78. The fourth-order valence-electron chi connectivity index (χ4n) is 3.18. The molecule has 0 atom stereocenters. The summed E-state index contributed by atoms with van der Waals surface area (Å²) in [6.07, 6.45) is 6.78. The molecule has 0 aliphatic heterocycles. The highest BCUT2D eigenvalue weighted by Gasteiger charge is 2.27. The molecule has 3 heterocycles. The largest absolute Gasteiger partial charge is 0.366 e. The topological polar surface area (TPSA) is 121 Å². The van der Waals surface area contributed by atoms with Crippen LogP contribution in [0.5, 0.6) is 0 Å². The van der Waals surface area contributed by atoms with E-state index in [4.69, 9.17) is 0 Å². The van der Waals surface area contributed by atoms with Crippen LogP contribution in [0.3, 0.4) is 0 Å². The van der Waals surface area contributed by atoms with E-state index in [1.54, 1.807) is 22.9 Å². The molecule has 0 N–H and O–H groups in total. The predicted octanol–water partition coefficient (Wildman–Crippen LogP) is 2.25. The summed E-state index contributed by atoms with van der Waals surface area (Å²) in [7, 11) is 0. The number of hydrogen-bond donors (Lipinski definition) is 0. The number of aromatic nitrogens is 6. The van der Waals surface area contributed by atoms with Crippen LogP contribution >= 0.6 is 11.8 Å². The fraction of sp³-hybridized carbons (Fsp3) is 0.400. The minimum Gasteiger partial charge on any atom is -0.262 e. The van der Waals surface area contributed by atoms with E-state index in [1.807, 2.05) is 0 Å². The third-order valence-corrected chi connectivity index (χ3v) is 5.36. The van der Waals surface area contributed by atoms with E-state index >= 15 is 0 Å². The van der Waals surface area contributed by atoms with Gasteiger partial charge in [-0.15, -0.1) is 5.10 Å². The second kappa shape index (κ2) is 6.83. The molecule has 1 saturated carbocycles. The van der Waals surface area contributed by atoms with Crippen LogP contribution in [0.4, 0.5) is 5.69 Å². The lowest BCUT2D eigenvalue weighted by atomic mass is 9.96. The van der Waals surface area contributed by atoms with E-state index < -0.39 is 16.2 Å². The number of tetrazole rings is 1. The van der Waals surface area contributed by atoms with Gasteiger partial charge in [-0.05, 0) is 47.2 Å². The highest BCUT2D eigenvalue weighted by molar-refractivity contribution is 7.99. The zero-order valence-electron chi connectivity index (χ0n) is 13.7. The molecule has 0 spiro atoms. The van der Waals surface area contributed by atoms with Crippen LogP contribution in [0.2, 0.25) is 0 Å². The second-order valence-corrected chi connectivity index (χ2v) is 7.01. The summed E-state index contributed by atoms with van der Waals surface area (Å²) >= 11 is 0.959. The fourth-order valence-corrected chi connectivity index (χ4v) is 4.11. The molecule has 1 fully saturated rings. The molecule has 0 saturated heterocycles. The molecular weight excluding hydrogens is 358 g/mol. The Morgan fingerprint density at radius 3 is 2.81 bits per heavy atom. The maximum Gasteiger partial charge on any atom is 0.366 e. The molecule has 134 valence electrons. The molecule has 3 aromatic heterocycles. The Labute approximate surface area is 151 Å². The van der Waals surface area contributed by atoms with Gasteiger partial charge in [-0.2, -0.15) is 0 Å². The van der Waals surface area contributed by atoms with Gasteiger partial charge in [0.25, 0.3) is 0 Å². The average molecular weight is 373 g/mol. The summed E-state index contributed by atoms with van der Waals surface area (Å²) in [4.78, 5) is 27.6. The third-order valence-electron chi connectivity index (χ3n) is 4.43. The van der Waals surface area contributed by atoms with Gasteiger partial charge in [0, 0.05) is 6.20 Å². The van der Waals surface area contributed by atoms with Crippen LogP contribution in [0.25, 0.3) is 5.65 Å². The van der Waals surface area contributed by atoms with Crippen molar-refractivity contribution in [2.24, 2.45) is 0 Å². The number of hydrogen-bond acceptors (Lipinski definition) is 8. The van der Waals surface area contributed by atoms with Crippen molar-refractivity contribution in [1.82, 2.24) is 29.6 Å². The van der Waals surface area contributed by atoms with E-state index in [2.05, 4.69) is 20.5 Å². The first kappa shape index (κ1) is 16.6. The Morgan fingerprint density at radius 2 is 2.04 bits per heavy atom. The minimum absolute atomic E-state index is 0.00180. The summed E-state index contributed by atoms with van der Waals surface area (Å²) in [5, 5.41) is 23.6. The average Bonchev–Trinajstić information content (AvgIpc) is 3.10. The molecule has 0 unspecified atom stereocenters. The SMILES string of the molecule is O=c1c([N+](=O)[O-])c(Sc2nnnn2C2CCCCC2)nc2ccccn12. The zero-order chi connectivity index (χ0) is 18.1. The van der Waals surface area contributed by atoms with Crippen molar-refractivity contribution < 1.29 is 4.92 Å². The normalized spacial score (nSPS) is 15.4. The van der Waals surface area contributed by atoms with Crippen molar-refractivity contribution >= 4 is 23.1 Å². The highest BCUT2D eigenvalue weighted by Crippen LogP contribution is 2.34. The number of fused-ring (bicyclic) bond motifs is 1. The number of rotatable bonds is 4. The molecule has 0 bridgehead atoms. The smallest absolute Gasteiger partial charge is 0.262 e. The molecule has 0 aromatic carbocycles. The Kier molecular flexibility index (Phi) is 4.37. The first-order valence-corrected chi connectivity index (χ1v) is 9.08. The molecule has 11 heteroatoms. The van der Waals surface area contributed by atoms with Crippen molar-refractivity contribution in [2.45, 2.75) is 48.3 Å². The first-order chi connectivity index (χ1) is 12.6. The molecule has 26 heavy (non-hydrogen) atoms. The Hall–Kier alpha value is -2.82. The molecule has 0 radical (unpaired) electrons. The molecular formula is C15H15N7O3S. The van der Waals surface area contributed by atoms with Gasteiger partial charge >= 0.3 is 11.2 Å². The lowest BCUT2D eigenvalue weighted by Gasteiger charge is -2.21. The first-order valence-electron chi connectivity index (χ1n) is 8.26. The van der Waals surface area contributed by atoms with Crippen LogP contribution in [-0.4, -0.2) is 34.5 Å². The van der Waals surface area contributed by atoms with E-state index in [9.17, 15) is 14.9 Å². The quantitative estimate of drug-likeness (QED) is 0.388. The van der Waals surface area contributed by atoms with Gasteiger partial charge in [0.15, 0.2) is 5.03 Å². The van der Waals surface area contributed by atoms with Crippen LogP contribution in [0, 0.1) is 10.1 Å². The summed E-state index contributed by atoms with van der Waals surface area (Å²) in [5.41, 5.74) is -0.959. The minimum atomic E-state index is -0.722. The van der Waals surface area contributed by atoms with Crippen molar-refractivity contribution in [2.75, 3.05) is 0 Å². The highest BCUT2D eigenvalue weighted by atomic mass is 32.2. The molecule has 1 aliphatic carbocycles. The molecule has 4 rings (SSSR count). The number of nitro groups is 1. The van der Waals surface area contributed by atoms with Gasteiger partial charge < -0.3 is 0 Å². The van der Waals surface area contributed by atoms with Crippen molar-refractivity contribution in [3.05, 3.63) is 44.9 Å². The van der Waals surface area contributed by atoms with Crippen LogP contribution in [-0.2, 0) is 0 Å². The van der Waals surface area contributed by atoms with Gasteiger partial charge in [0.2, 0.25) is 5.16 Å². The zero-order valence-corrected chi connectivity index (χ0v) is 14.5. The summed E-state index contributed by atoms with van der Waals surface area (Å²) in [6.45, 7) is 0. The molecule has 3 aromatic rings. The van der Waals surface area contributed by atoms with Crippen molar-refractivity contribution in [3.63, 3.8) is 0 Å². The van der Waals surface area contributed by atoms with Crippen molar-refractivity contribution in [1.29, 1.82) is 0 Å². The third kappa shape index (κ3) is 2.94. The predicted molar refractivity (Wildman–Crippen MR) is 92.2 cm³/mol. The van der Waals surface area contributed by atoms with E-state index in [0.29, 0.717) is 10.8 Å². The summed E-state index contributed by atoms with van der Waals surface area (Å²) < 4.78 is 2.86. The Bertz CT molecular complexity index is 1030. The summed E-state index contributed by atoms with van der Waals surface area (Å²) in [5.74, 6) is 0. The van der Waals surface area contributed by atoms with E-state index in [-0.39, 0.29) is 11.1 Å². The van der Waals surface area contributed by atoms with Gasteiger partial charge in [-0.3, -0.25) is 19.3 Å². The van der Waals surface area contributed by atoms with Crippen LogP contribution in [0.15, 0.2) is 39.4 Å². The standard InChI is InChI=1S/C15H15N7O3S/c23-14-12(22(24)25)13(16-11-8-4-5-9-20(11)14)26-15-17-18-19-21(15)10-6-2-1-3-7-10/h4-5,8-10H,1-3,6-7H2. The second-order valence-electron chi connectivity index (χ2n) is 6.06. The number of pyridine rings is 1. The van der Waals surface area contributed by atoms with E-state index in [0.717, 1.165) is 41.8 Å². The van der Waals surface area contributed by atoms with Crippen LogP contribution < -0.4 is 5.56 Å². The lowest BCUT2D eigenvalue weighted by Crippen LogP contribution is -2.20. The summed E-state index contributed by atoms with van der Waals surface area (Å²) in [6, 6.07) is 5.13. The lowest BCUT2D eigenvalue weighted by molar-refractivity contribution is -0.389. The monoisotopic (exact) mass is 373 g/mol. The number of nitrogens with zero attached hydrogens (tertiary/aromatic N) is 7. The molecule has 10 nitrogen and oxygen atoms in total. The van der Waals surface area contributed by atoms with Gasteiger partial charge in [0.05, 0.1) is 11.0 Å². The van der Waals surface area contributed by atoms with Gasteiger partial charge in [0.1, 0.15) is 5.65 Å². The molecule has 1 aliphatic rings.